The fraction of sp³-hybridized carbons (Fsp3) is 0.571. The Balaban J connectivity index is 3.07. The summed E-state index contributed by atoms with van der Waals surface area (Å²) in [6, 6.07) is 2.57. The number of hydrogen-bond acceptors (Lipinski definition) is 3. The van der Waals surface area contributed by atoms with Gasteiger partial charge in [0.05, 0.1) is 0 Å². The first-order valence-electron chi connectivity index (χ1n) is 6.97. The molecule has 0 bridgehead atoms. The van der Waals surface area contributed by atoms with Crippen LogP contribution in [0.4, 0.5) is 4.39 Å². The minimum absolute atomic E-state index is 0.199. The van der Waals surface area contributed by atoms with Gasteiger partial charge in [-0.15, -0.1) is 0 Å². The molecule has 0 spiro atoms. The maximum Gasteiger partial charge on any atom is 0.243 e. The van der Waals surface area contributed by atoms with E-state index in [4.69, 9.17) is 11.6 Å². The highest BCUT2D eigenvalue weighted by Crippen LogP contribution is 2.24. The van der Waals surface area contributed by atoms with Crippen molar-refractivity contribution in [3.63, 3.8) is 0 Å². The molecule has 0 amide bonds. The van der Waals surface area contributed by atoms with Crippen LogP contribution in [0.5, 0.6) is 0 Å². The third kappa shape index (κ3) is 4.92. The molecular formula is C14H22ClFN2O2S. The van der Waals surface area contributed by atoms with Crippen LogP contribution in [0, 0.1) is 11.7 Å². The second-order valence-electron chi connectivity index (χ2n) is 4.94. The number of hydrogen-bond donors (Lipinski definition) is 2. The summed E-state index contributed by atoms with van der Waals surface area (Å²) in [5.41, 5.74) is 0.230. The van der Waals surface area contributed by atoms with E-state index in [1.54, 1.807) is 7.05 Å². The summed E-state index contributed by atoms with van der Waals surface area (Å²) in [7, 11) is -2.25. The summed E-state index contributed by atoms with van der Waals surface area (Å²) in [5.74, 6) is -0.524. The van der Waals surface area contributed by atoms with E-state index in [9.17, 15) is 12.8 Å². The summed E-state index contributed by atoms with van der Waals surface area (Å²) in [6.07, 6.45) is 1.73. The quantitative estimate of drug-likeness (QED) is 0.767. The Morgan fingerprint density at radius 2 is 1.90 bits per heavy atom. The molecular weight excluding hydrogens is 315 g/mol. The van der Waals surface area contributed by atoms with E-state index in [1.165, 1.54) is 6.07 Å². The third-order valence-corrected chi connectivity index (χ3v) is 5.09. The van der Waals surface area contributed by atoms with Gasteiger partial charge in [0.1, 0.15) is 10.7 Å². The Morgan fingerprint density at radius 3 is 2.43 bits per heavy atom. The highest BCUT2D eigenvalue weighted by molar-refractivity contribution is 7.89. The Hall–Kier alpha value is -0.690. The molecule has 1 aromatic carbocycles. The normalized spacial score (nSPS) is 12.1. The SMILES string of the molecule is CCC(CC)CNS(=O)(=O)c1cc(Cl)cc(CNC)c1F. The van der Waals surface area contributed by atoms with E-state index < -0.39 is 20.7 Å². The molecule has 0 aliphatic carbocycles. The lowest BCUT2D eigenvalue weighted by atomic mass is 10.0. The van der Waals surface area contributed by atoms with Crippen molar-refractivity contribution in [1.82, 2.24) is 10.0 Å². The molecule has 4 nitrogen and oxygen atoms in total. The predicted octanol–water partition coefficient (Wildman–Crippen LogP) is 2.91. The summed E-state index contributed by atoms with van der Waals surface area (Å²) in [4.78, 5) is -0.397. The minimum atomic E-state index is -3.91. The van der Waals surface area contributed by atoms with Crippen LogP contribution in [0.2, 0.25) is 5.02 Å². The summed E-state index contributed by atoms with van der Waals surface area (Å²) >= 11 is 5.89. The number of benzene rings is 1. The first kappa shape index (κ1) is 18.4. The van der Waals surface area contributed by atoms with Crippen LogP contribution >= 0.6 is 11.6 Å². The molecule has 0 aromatic heterocycles. The molecule has 1 aromatic rings. The number of halogens is 2. The van der Waals surface area contributed by atoms with E-state index >= 15 is 0 Å². The van der Waals surface area contributed by atoms with Crippen molar-refractivity contribution >= 4 is 21.6 Å². The van der Waals surface area contributed by atoms with Crippen LogP contribution in [0.3, 0.4) is 0 Å². The van der Waals surface area contributed by atoms with E-state index in [-0.39, 0.29) is 23.0 Å². The van der Waals surface area contributed by atoms with Crippen LogP contribution in [-0.2, 0) is 16.6 Å². The van der Waals surface area contributed by atoms with Crippen LogP contribution in [0.15, 0.2) is 17.0 Å². The molecule has 1 rings (SSSR count). The Labute approximate surface area is 131 Å². The zero-order valence-electron chi connectivity index (χ0n) is 12.5. The molecule has 7 heteroatoms. The highest BCUT2D eigenvalue weighted by Gasteiger charge is 2.23. The van der Waals surface area contributed by atoms with Gasteiger partial charge in [-0.2, -0.15) is 0 Å². The number of nitrogens with one attached hydrogen (secondary N) is 2. The van der Waals surface area contributed by atoms with Crippen molar-refractivity contribution in [1.29, 1.82) is 0 Å². The summed E-state index contributed by atoms with van der Waals surface area (Å²) in [6.45, 7) is 4.49. The van der Waals surface area contributed by atoms with E-state index in [0.29, 0.717) is 6.54 Å². The van der Waals surface area contributed by atoms with Gasteiger partial charge in [0.15, 0.2) is 0 Å². The second kappa shape index (κ2) is 8.08. The van der Waals surface area contributed by atoms with Gasteiger partial charge in [0.25, 0.3) is 0 Å². The van der Waals surface area contributed by atoms with Crippen molar-refractivity contribution in [2.45, 2.75) is 38.1 Å². The van der Waals surface area contributed by atoms with E-state index in [1.807, 2.05) is 13.8 Å². The summed E-state index contributed by atoms with van der Waals surface area (Å²) < 4.78 is 41.3. The van der Waals surface area contributed by atoms with Crippen LogP contribution in [-0.4, -0.2) is 22.0 Å². The Morgan fingerprint density at radius 1 is 1.29 bits per heavy atom. The lowest BCUT2D eigenvalue weighted by Gasteiger charge is -2.15. The molecule has 0 atom stereocenters. The maximum absolute atomic E-state index is 14.3. The highest BCUT2D eigenvalue weighted by atomic mass is 35.5. The molecule has 21 heavy (non-hydrogen) atoms. The molecule has 0 saturated heterocycles. The van der Waals surface area contributed by atoms with Gasteiger partial charge in [-0.3, -0.25) is 0 Å². The predicted molar refractivity (Wildman–Crippen MR) is 83.4 cm³/mol. The van der Waals surface area contributed by atoms with Gasteiger partial charge in [-0.25, -0.2) is 17.5 Å². The van der Waals surface area contributed by atoms with Crippen LogP contribution < -0.4 is 10.0 Å². The third-order valence-electron chi connectivity index (χ3n) is 3.45. The largest absolute Gasteiger partial charge is 0.316 e. The van der Waals surface area contributed by atoms with Gasteiger partial charge >= 0.3 is 0 Å². The average molecular weight is 337 g/mol. The zero-order valence-corrected chi connectivity index (χ0v) is 14.1. The van der Waals surface area contributed by atoms with Gasteiger partial charge in [-0.05, 0) is 25.1 Å². The molecule has 120 valence electrons. The zero-order chi connectivity index (χ0) is 16.0. The van der Waals surface area contributed by atoms with Crippen LogP contribution in [0.25, 0.3) is 0 Å². The molecule has 0 aliphatic heterocycles. The monoisotopic (exact) mass is 336 g/mol. The molecule has 0 heterocycles. The second-order valence-corrected chi connectivity index (χ2v) is 7.11. The summed E-state index contributed by atoms with van der Waals surface area (Å²) in [5, 5.41) is 2.98. The number of rotatable bonds is 8. The standard InChI is InChI=1S/C14H22ClFN2O2S/c1-4-10(5-2)8-18-21(19,20)13-7-12(15)6-11(9-17-3)14(13)16/h6-7,10,17-18H,4-5,8-9H2,1-3H3. The van der Waals surface area contributed by atoms with Crippen LogP contribution in [0.1, 0.15) is 32.3 Å². The fourth-order valence-corrected chi connectivity index (χ4v) is 3.58. The van der Waals surface area contributed by atoms with Crippen molar-refractivity contribution in [3.05, 3.63) is 28.5 Å². The van der Waals surface area contributed by atoms with Crippen molar-refractivity contribution in [2.75, 3.05) is 13.6 Å². The van der Waals surface area contributed by atoms with Gasteiger partial charge < -0.3 is 5.32 Å². The van der Waals surface area contributed by atoms with Gasteiger partial charge in [0, 0.05) is 23.7 Å². The molecule has 0 fully saturated rings. The van der Waals surface area contributed by atoms with E-state index in [2.05, 4.69) is 10.0 Å². The average Bonchev–Trinajstić information content (AvgIpc) is 2.43. The molecule has 0 saturated carbocycles. The topological polar surface area (TPSA) is 58.2 Å². The van der Waals surface area contributed by atoms with Crippen molar-refractivity contribution < 1.29 is 12.8 Å². The van der Waals surface area contributed by atoms with Gasteiger partial charge in [0.2, 0.25) is 10.0 Å². The van der Waals surface area contributed by atoms with Crippen molar-refractivity contribution in [3.8, 4) is 0 Å². The van der Waals surface area contributed by atoms with Gasteiger partial charge in [-0.1, -0.05) is 38.3 Å². The molecule has 2 N–H and O–H groups in total. The number of sulfonamides is 1. The Bertz CT molecular complexity index is 575. The first-order valence-corrected chi connectivity index (χ1v) is 8.83. The Kier molecular flexibility index (Phi) is 7.06. The molecule has 0 unspecified atom stereocenters. The van der Waals surface area contributed by atoms with Crippen molar-refractivity contribution in [2.24, 2.45) is 5.92 Å². The smallest absolute Gasteiger partial charge is 0.243 e. The molecule has 0 radical (unpaired) electrons. The fourth-order valence-electron chi connectivity index (χ4n) is 2.02. The van der Waals surface area contributed by atoms with E-state index in [0.717, 1.165) is 18.9 Å². The lowest BCUT2D eigenvalue weighted by Crippen LogP contribution is -2.30. The maximum atomic E-state index is 14.3. The molecule has 0 aliphatic rings. The minimum Gasteiger partial charge on any atom is -0.316 e. The first-order chi connectivity index (χ1) is 9.85. The lowest BCUT2D eigenvalue weighted by molar-refractivity contribution is 0.476.